The van der Waals surface area contributed by atoms with Crippen LogP contribution in [-0.4, -0.2) is 19.1 Å². The second-order valence-corrected chi connectivity index (χ2v) is 5.01. The molecular weight excluding hydrogens is 226 g/mol. The number of anilines is 1. The van der Waals surface area contributed by atoms with Crippen LogP contribution in [0.1, 0.15) is 43.0 Å². The molecule has 2 rings (SSSR count). The molecule has 1 aromatic rings. The number of hydrogen-bond donors (Lipinski definition) is 1. The van der Waals surface area contributed by atoms with E-state index in [0.717, 1.165) is 11.6 Å². The molecular formula is C15H21NO2. The van der Waals surface area contributed by atoms with Crippen molar-refractivity contribution in [3.05, 3.63) is 29.8 Å². The van der Waals surface area contributed by atoms with E-state index in [9.17, 15) is 4.79 Å². The van der Waals surface area contributed by atoms with Gasteiger partial charge in [0.1, 0.15) is 0 Å². The molecule has 0 aliphatic heterocycles. The van der Waals surface area contributed by atoms with Crippen LogP contribution in [0, 0.1) is 5.92 Å². The summed E-state index contributed by atoms with van der Waals surface area (Å²) in [5.41, 5.74) is 1.49. The molecule has 0 bridgehead atoms. The standard InChI is InChI=1S/C15H21NO2/c1-11(12-7-3-4-8-12)16-14-10-6-5-9-13(14)15(17)18-2/h5-6,9-12,16H,3-4,7-8H2,1-2H3. The van der Waals surface area contributed by atoms with E-state index in [1.807, 2.05) is 18.2 Å². The van der Waals surface area contributed by atoms with Crippen LogP contribution in [0.2, 0.25) is 0 Å². The van der Waals surface area contributed by atoms with Crippen molar-refractivity contribution in [2.75, 3.05) is 12.4 Å². The van der Waals surface area contributed by atoms with E-state index in [1.165, 1.54) is 32.8 Å². The minimum Gasteiger partial charge on any atom is -0.465 e. The summed E-state index contributed by atoms with van der Waals surface area (Å²) in [5.74, 6) is 0.437. The number of carbonyl (C=O) groups excluding carboxylic acids is 1. The molecule has 0 saturated heterocycles. The van der Waals surface area contributed by atoms with Gasteiger partial charge in [0.15, 0.2) is 0 Å². The van der Waals surface area contributed by atoms with Crippen LogP contribution in [0.4, 0.5) is 5.69 Å². The van der Waals surface area contributed by atoms with Crippen LogP contribution in [0.5, 0.6) is 0 Å². The van der Waals surface area contributed by atoms with Gasteiger partial charge < -0.3 is 10.1 Å². The summed E-state index contributed by atoms with van der Waals surface area (Å²) in [6, 6.07) is 7.94. The Bertz CT molecular complexity index is 411. The van der Waals surface area contributed by atoms with Crippen LogP contribution < -0.4 is 5.32 Å². The van der Waals surface area contributed by atoms with E-state index < -0.39 is 0 Å². The van der Waals surface area contributed by atoms with Gasteiger partial charge in [-0.2, -0.15) is 0 Å². The molecule has 1 saturated carbocycles. The van der Waals surface area contributed by atoms with Gasteiger partial charge >= 0.3 is 5.97 Å². The van der Waals surface area contributed by atoms with Crippen molar-refractivity contribution in [2.45, 2.75) is 38.6 Å². The number of benzene rings is 1. The Morgan fingerprint density at radius 2 is 2.00 bits per heavy atom. The Hall–Kier alpha value is -1.51. The zero-order chi connectivity index (χ0) is 13.0. The van der Waals surface area contributed by atoms with Crippen molar-refractivity contribution in [3.63, 3.8) is 0 Å². The summed E-state index contributed by atoms with van der Waals surface area (Å²) < 4.78 is 4.81. The van der Waals surface area contributed by atoms with E-state index in [1.54, 1.807) is 6.07 Å². The van der Waals surface area contributed by atoms with Gasteiger partial charge in [0.2, 0.25) is 0 Å². The fourth-order valence-corrected chi connectivity index (χ4v) is 2.72. The highest BCUT2D eigenvalue weighted by atomic mass is 16.5. The minimum absolute atomic E-state index is 0.281. The van der Waals surface area contributed by atoms with Gasteiger partial charge in [0.25, 0.3) is 0 Å². The maximum absolute atomic E-state index is 11.7. The monoisotopic (exact) mass is 247 g/mol. The fraction of sp³-hybridized carbons (Fsp3) is 0.533. The zero-order valence-corrected chi connectivity index (χ0v) is 11.1. The maximum atomic E-state index is 11.7. The topological polar surface area (TPSA) is 38.3 Å². The lowest BCUT2D eigenvalue weighted by molar-refractivity contribution is 0.0602. The first-order valence-electron chi connectivity index (χ1n) is 6.66. The molecule has 0 spiro atoms. The first kappa shape index (κ1) is 12.9. The highest BCUT2D eigenvalue weighted by Gasteiger charge is 2.22. The molecule has 0 amide bonds. The molecule has 98 valence electrons. The van der Waals surface area contributed by atoms with Crippen molar-refractivity contribution in [1.29, 1.82) is 0 Å². The predicted octanol–water partition coefficient (Wildman–Crippen LogP) is 3.46. The molecule has 3 nitrogen and oxygen atoms in total. The van der Waals surface area contributed by atoms with Gasteiger partial charge in [-0.25, -0.2) is 4.79 Å². The average Bonchev–Trinajstić information content (AvgIpc) is 2.92. The highest BCUT2D eigenvalue weighted by molar-refractivity contribution is 5.95. The molecule has 0 radical (unpaired) electrons. The Balaban J connectivity index is 2.10. The number of para-hydroxylation sites is 1. The number of hydrogen-bond acceptors (Lipinski definition) is 3. The Kier molecular flexibility index (Phi) is 4.24. The van der Waals surface area contributed by atoms with E-state index in [2.05, 4.69) is 12.2 Å². The number of nitrogens with one attached hydrogen (secondary N) is 1. The van der Waals surface area contributed by atoms with Crippen molar-refractivity contribution < 1.29 is 9.53 Å². The lowest BCUT2D eigenvalue weighted by Gasteiger charge is -2.22. The van der Waals surface area contributed by atoms with Crippen molar-refractivity contribution in [2.24, 2.45) is 5.92 Å². The van der Waals surface area contributed by atoms with Crippen molar-refractivity contribution in [1.82, 2.24) is 0 Å². The van der Waals surface area contributed by atoms with Gasteiger partial charge in [0.05, 0.1) is 12.7 Å². The molecule has 0 heterocycles. The smallest absolute Gasteiger partial charge is 0.339 e. The number of ether oxygens (including phenoxy) is 1. The Morgan fingerprint density at radius 3 is 2.67 bits per heavy atom. The quantitative estimate of drug-likeness (QED) is 0.828. The van der Waals surface area contributed by atoms with Crippen LogP contribution in [0.15, 0.2) is 24.3 Å². The maximum Gasteiger partial charge on any atom is 0.339 e. The zero-order valence-electron chi connectivity index (χ0n) is 11.1. The van der Waals surface area contributed by atoms with E-state index in [-0.39, 0.29) is 5.97 Å². The van der Waals surface area contributed by atoms with Crippen LogP contribution in [0.25, 0.3) is 0 Å². The second-order valence-electron chi connectivity index (χ2n) is 5.01. The SMILES string of the molecule is COC(=O)c1ccccc1NC(C)C1CCCC1. The summed E-state index contributed by atoms with van der Waals surface area (Å²) >= 11 is 0. The normalized spacial score (nSPS) is 17.4. The Morgan fingerprint density at radius 1 is 1.33 bits per heavy atom. The largest absolute Gasteiger partial charge is 0.465 e. The molecule has 1 aliphatic carbocycles. The number of methoxy groups -OCH3 is 1. The van der Waals surface area contributed by atoms with Gasteiger partial charge in [-0.1, -0.05) is 25.0 Å². The van der Waals surface area contributed by atoms with Crippen molar-refractivity contribution >= 4 is 11.7 Å². The molecule has 0 aromatic heterocycles. The number of carbonyl (C=O) groups is 1. The molecule has 1 aromatic carbocycles. The summed E-state index contributed by atoms with van der Waals surface area (Å²) in [6.45, 7) is 2.20. The molecule has 1 N–H and O–H groups in total. The third-order valence-corrected chi connectivity index (χ3v) is 3.82. The third-order valence-electron chi connectivity index (χ3n) is 3.82. The number of esters is 1. The van der Waals surface area contributed by atoms with E-state index >= 15 is 0 Å². The third kappa shape index (κ3) is 2.84. The minimum atomic E-state index is -0.281. The highest BCUT2D eigenvalue weighted by Crippen LogP contribution is 2.30. The van der Waals surface area contributed by atoms with E-state index in [0.29, 0.717) is 11.6 Å². The summed E-state index contributed by atoms with van der Waals surface area (Å²) in [5, 5.41) is 3.47. The lowest BCUT2D eigenvalue weighted by atomic mass is 9.99. The molecule has 1 aliphatic rings. The summed E-state index contributed by atoms with van der Waals surface area (Å²) in [4.78, 5) is 11.7. The first-order valence-corrected chi connectivity index (χ1v) is 6.66. The first-order chi connectivity index (χ1) is 8.72. The van der Waals surface area contributed by atoms with Gasteiger partial charge in [-0.15, -0.1) is 0 Å². The summed E-state index contributed by atoms with van der Waals surface area (Å²) in [6.07, 6.45) is 5.23. The van der Waals surface area contributed by atoms with Gasteiger partial charge in [-0.05, 0) is 37.8 Å². The van der Waals surface area contributed by atoms with E-state index in [4.69, 9.17) is 4.74 Å². The molecule has 1 atom stereocenters. The van der Waals surface area contributed by atoms with Crippen LogP contribution in [-0.2, 0) is 4.74 Å². The lowest BCUT2D eigenvalue weighted by Crippen LogP contribution is -2.25. The molecule has 1 unspecified atom stereocenters. The van der Waals surface area contributed by atoms with Crippen LogP contribution in [0.3, 0.4) is 0 Å². The number of rotatable bonds is 4. The Labute approximate surface area is 109 Å². The molecule has 1 fully saturated rings. The fourth-order valence-electron chi connectivity index (χ4n) is 2.72. The van der Waals surface area contributed by atoms with Crippen molar-refractivity contribution in [3.8, 4) is 0 Å². The summed E-state index contributed by atoms with van der Waals surface area (Å²) in [7, 11) is 1.42. The predicted molar refractivity (Wildman–Crippen MR) is 72.8 cm³/mol. The second kappa shape index (κ2) is 5.89. The molecule has 18 heavy (non-hydrogen) atoms. The van der Waals surface area contributed by atoms with Gasteiger partial charge in [0, 0.05) is 11.7 Å². The molecule has 3 heteroatoms. The van der Waals surface area contributed by atoms with Gasteiger partial charge in [-0.3, -0.25) is 0 Å². The average molecular weight is 247 g/mol. The van der Waals surface area contributed by atoms with Crippen LogP contribution >= 0.6 is 0 Å².